The number of rotatable bonds is 5. The first-order chi connectivity index (χ1) is 13.8. The summed E-state index contributed by atoms with van der Waals surface area (Å²) in [6.07, 6.45) is 1.90. The summed E-state index contributed by atoms with van der Waals surface area (Å²) >= 11 is 0. The number of hydrogen-bond acceptors (Lipinski definition) is 3. The zero-order chi connectivity index (χ0) is 20.9. The van der Waals surface area contributed by atoms with E-state index in [1.165, 1.54) is 9.13 Å². The van der Waals surface area contributed by atoms with Crippen LogP contribution in [0.1, 0.15) is 13.8 Å². The van der Waals surface area contributed by atoms with Crippen LogP contribution in [0.25, 0.3) is 28.2 Å². The van der Waals surface area contributed by atoms with Gasteiger partial charge < -0.3 is 4.57 Å². The Morgan fingerprint density at radius 1 is 1.00 bits per heavy atom. The zero-order valence-corrected chi connectivity index (χ0v) is 16.8. The highest BCUT2D eigenvalue weighted by atomic mass is 16.2. The van der Waals surface area contributed by atoms with Gasteiger partial charge in [-0.1, -0.05) is 54.6 Å². The average molecular weight is 389 g/mol. The summed E-state index contributed by atoms with van der Waals surface area (Å²) in [4.78, 5) is 30.6. The molecule has 7 nitrogen and oxygen atoms in total. The molecule has 4 aromatic rings. The van der Waals surface area contributed by atoms with Crippen LogP contribution in [0, 0.1) is 0 Å². The van der Waals surface area contributed by atoms with Crippen molar-refractivity contribution >= 4 is 16.9 Å². The van der Waals surface area contributed by atoms with E-state index in [2.05, 4.69) is 18.1 Å². The molecular weight excluding hydrogens is 366 g/mol. The first-order valence-corrected chi connectivity index (χ1v) is 9.35. The van der Waals surface area contributed by atoms with Gasteiger partial charge in [0.05, 0.1) is 12.2 Å². The Hall–Kier alpha value is -3.61. The summed E-state index contributed by atoms with van der Waals surface area (Å²) in [5, 5.41) is 0. The van der Waals surface area contributed by atoms with E-state index >= 15 is 0 Å². The van der Waals surface area contributed by atoms with Gasteiger partial charge in [0.25, 0.3) is 5.56 Å². The summed E-state index contributed by atoms with van der Waals surface area (Å²) in [6.45, 7) is 12.3. The standard InChI is InChI=1S/C22H23N5O2/c1-14(2)11-25-17(16-9-7-6-8-10-16)13-26-18-19(23-21(25)26)24(5)22(29)27(20(18)28)12-15(3)4/h6-10,13H,1,3,11-12H2,2,4-5H3. The largest absolute Gasteiger partial charge is 0.332 e. The summed E-state index contributed by atoms with van der Waals surface area (Å²) in [6, 6.07) is 9.93. The van der Waals surface area contributed by atoms with Crippen LogP contribution in [-0.2, 0) is 20.1 Å². The highest BCUT2D eigenvalue weighted by Gasteiger charge is 2.21. The highest BCUT2D eigenvalue weighted by molar-refractivity contribution is 5.78. The number of imidazole rings is 2. The molecule has 4 rings (SSSR count). The van der Waals surface area contributed by atoms with Gasteiger partial charge in [-0.25, -0.2) is 4.79 Å². The molecule has 0 unspecified atom stereocenters. The minimum atomic E-state index is -0.402. The Balaban J connectivity index is 2.13. The van der Waals surface area contributed by atoms with Crippen molar-refractivity contribution in [3.8, 4) is 11.3 Å². The van der Waals surface area contributed by atoms with Crippen LogP contribution in [0.2, 0.25) is 0 Å². The minimum Gasteiger partial charge on any atom is -0.305 e. The van der Waals surface area contributed by atoms with Gasteiger partial charge in [0.15, 0.2) is 11.2 Å². The summed E-state index contributed by atoms with van der Waals surface area (Å²) in [7, 11) is 1.63. The molecule has 7 heteroatoms. The molecule has 3 heterocycles. The molecule has 148 valence electrons. The average Bonchev–Trinajstić information content (AvgIpc) is 3.21. The Bertz CT molecular complexity index is 1400. The number of aromatic nitrogens is 5. The van der Waals surface area contributed by atoms with Crippen LogP contribution in [0.3, 0.4) is 0 Å². The van der Waals surface area contributed by atoms with Gasteiger partial charge in [0, 0.05) is 19.8 Å². The molecule has 0 saturated heterocycles. The molecular formula is C22H23N5O2. The molecule has 3 aromatic heterocycles. The van der Waals surface area contributed by atoms with Gasteiger partial charge in [0.1, 0.15) is 0 Å². The smallest absolute Gasteiger partial charge is 0.305 e. The fraction of sp³-hybridized carbons (Fsp3) is 0.227. The molecule has 0 N–H and O–H groups in total. The fourth-order valence-corrected chi connectivity index (χ4v) is 3.62. The normalized spacial score (nSPS) is 11.4. The number of hydrogen-bond donors (Lipinski definition) is 0. The Morgan fingerprint density at radius 3 is 2.24 bits per heavy atom. The van der Waals surface area contributed by atoms with Crippen molar-refractivity contribution < 1.29 is 0 Å². The third-order valence-corrected chi connectivity index (χ3v) is 4.87. The van der Waals surface area contributed by atoms with Crippen LogP contribution in [0.15, 0.2) is 70.4 Å². The van der Waals surface area contributed by atoms with Gasteiger partial charge >= 0.3 is 5.69 Å². The zero-order valence-electron chi connectivity index (χ0n) is 16.8. The van der Waals surface area contributed by atoms with Crippen molar-refractivity contribution in [3.63, 3.8) is 0 Å². The number of benzene rings is 1. The van der Waals surface area contributed by atoms with E-state index in [4.69, 9.17) is 0 Å². The maximum atomic E-state index is 13.2. The van der Waals surface area contributed by atoms with E-state index < -0.39 is 5.69 Å². The SMILES string of the molecule is C=C(C)Cn1c(=O)c2c(nc3n(CC(=C)C)c(-c4ccccc4)cn23)n(C)c1=O. The quantitative estimate of drug-likeness (QED) is 0.493. The van der Waals surface area contributed by atoms with Gasteiger partial charge in [-0.05, 0) is 19.4 Å². The Morgan fingerprint density at radius 2 is 1.62 bits per heavy atom. The summed E-state index contributed by atoms with van der Waals surface area (Å²) < 4.78 is 6.42. The summed E-state index contributed by atoms with van der Waals surface area (Å²) in [5.41, 5.74) is 3.60. The van der Waals surface area contributed by atoms with Crippen molar-refractivity contribution in [2.24, 2.45) is 7.05 Å². The highest BCUT2D eigenvalue weighted by Crippen LogP contribution is 2.26. The molecule has 29 heavy (non-hydrogen) atoms. The van der Waals surface area contributed by atoms with Crippen molar-refractivity contribution in [3.05, 3.63) is 81.7 Å². The van der Waals surface area contributed by atoms with Crippen LogP contribution in [0.4, 0.5) is 0 Å². The Kier molecular flexibility index (Phi) is 4.38. The molecule has 0 saturated carbocycles. The lowest BCUT2D eigenvalue weighted by Crippen LogP contribution is -2.39. The molecule has 0 spiro atoms. The lowest BCUT2D eigenvalue weighted by atomic mass is 10.1. The van der Waals surface area contributed by atoms with Crippen LogP contribution in [-0.4, -0.2) is 23.1 Å². The lowest BCUT2D eigenvalue weighted by Gasteiger charge is -2.09. The van der Waals surface area contributed by atoms with E-state index in [0.29, 0.717) is 23.5 Å². The second kappa shape index (κ2) is 6.77. The van der Waals surface area contributed by atoms with Gasteiger partial charge in [-0.15, -0.1) is 0 Å². The van der Waals surface area contributed by atoms with E-state index in [-0.39, 0.29) is 12.1 Å². The van der Waals surface area contributed by atoms with E-state index in [1.807, 2.05) is 48.0 Å². The number of fused-ring (bicyclic) bond motifs is 3. The molecule has 0 aliphatic rings. The molecule has 0 bridgehead atoms. The predicted octanol–water partition coefficient (Wildman–Crippen LogP) is 2.97. The van der Waals surface area contributed by atoms with E-state index in [1.54, 1.807) is 18.4 Å². The topological polar surface area (TPSA) is 66.2 Å². The lowest BCUT2D eigenvalue weighted by molar-refractivity contribution is 0.651. The third kappa shape index (κ3) is 2.95. The van der Waals surface area contributed by atoms with Crippen molar-refractivity contribution in [2.75, 3.05) is 0 Å². The molecule has 0 aliphatic carbocycles. The summed E-state index contributed by atoms with van der Waals surface area (Å²) in [5.74, 6) is 0.599. The van der Waals surface area contributed by atoms with Gasteiger partial charge in [-0.2, -0.15) is 4.98 Å². The van der Waals surface area contributed by atoms with Crippen LogP contribution >= 0.6 is 0 Å². The predicted molar refractivity (Wildman–Crippen MR) is 115 cm³/mol. The molecule has 0 atom stereocenters. The van der Waals surface area contributed by atoms with Crippen molar-refractivity contribution in [1.82, 2.24) is 23.1 Å². The van der Waals surface area contributed by atoms with Gasteiger partial charge in [-0.3, -0.25) is 18.3 Å². The molecule has 0 aliphatic heterocycles. The third-order valence-electron chi connectivity index (χ3n) is 4.87. The first kappa shape index (κ1) is 18.7. The monoisotopic (exact) mass is 389 g/mol. The maximum absolute atomic E-state index is 13.2. The Labute approximate surface area is 167 Å². The van der Waals surface area contributed by atoms with E-state index in [0.717, 1.165) is 22.4 Å². The minimum absolute atomic E-state index is 0.173. The molecule has 0 fully saturated rings. The van der Waals surface area contributed by atoms with Gasteiger partial charge in [0.2, 0.25) is 5.78 Å². The molecule has 0 amide bonds. The molecule has 0 radical (unpaired) electrons. The van der Waals surface area contributed by atoms with Crippen LogP contribution in [0.5, 0.6) is 0 Å². The number of nitrogens with zero attached hydrogens (tertiary/aromatic N) is 5. The fourth-order valence-electron chi connectivity index (χ4n) is 3.62. The van der Waals surface area contributed by atoms with Crippen LogP contribution < -0.4 is 11.2 Å². The second-order valence-corrected chi connectivity index (χ2v) is 7.57. The van der Waals surface area contributed by atoms with E-state index in [9.17, 15) is 9.59 Å². The van der Waals surface area contributed by atoms with Crippen molar-refractivity contribution in [1.29, 1.82) is 0 Å². The van der Waals surface area contributed by atoms with Crippen molar-refractivity contribution in [2.45, 2.75) is 26.9 Å². The number of allylic oxidation sites excluding steroid dienone is 2. The maximum Gasteiger partial charge on any atom is 0.332 e. The molecule has 1 aromatic carbocycles. The first-order valence-electron chi connectivity index (χ1n) is 9.35. The number of aryl methyl sites for hydroxylation is 1. The second-order valence-electron chi connectivity index (χ2n) is 7.57.